The van der Waals surface area contributed by atoms with Crippen LogP contribution in [0.5, 0.6) is 0 Å². The van der Waals surface area contributed by atoms with Crippen LogP contribution in [-0.2, 0) is 17.7 Å². The summed E-state index contributed by atoms with van der Waals surface area (Å²) in [4.78, 5) is 4.58. The molecule has 2 N–H and O–H groups in total. The van der Waals surface area contributed by atoms with Crippen molar-refractivity contribution in [2.75, 3.05) is 33.4 Å². The second kappa shape index (κ2) is 12.8. The molecule has 0 amide bonds. The molecular formula is C16H26IN5O2. The van der Waals surface area contributed by atoms with E-state index >= 15 is 0 Å². The van der Waals surface area contributed by atoms with Crippen LogP contribution in [0.2, 0.25) is 0 Å². The van der Waals surface area contributed by atoms with E-state index in [1.807, 2.05) is 29.1 Å². The van der Waals surface area contributed by atoms with E-state index in [0.29, 0.717) is 6.61 Å². The minimum absolute atomic E-state index is 0. The fourth-order valence-electron chi connectivity index (χ4n) is 2.06. The summed E-state index contributed by atoms with van der Waals surface area (Å²) < 4.78 is 12.3. The highest BCUT2D eigenvalue weighted by molar-refractivity contribution is 14.0. The normalized spacial score (nSPS) is 11.1. The summed E-state index contributed by atoms with van der Waals surface area (Å²) in [7, 11) is 1.69. The molecule has 0 aromatic carbocycles. The van der Waals surface area contributed by atoms with Gasteiger partial charge in [0.15, 0.2) is 5.96 Å². The third-order valence-electron chi connectivity index (χ3n) is 3.22. The highest BCUT2D eigenvalue weighted by Crippen LogP contribution is 1.99. The Morgan fingerprint density at radius 2 is 2.21 bits per heavy atom. The summed E-state index contributed by atoms with van der Waals surface area (Å²) in [5.41, 5.74) is 0. The fourth-order valence-corrected chi connectivity index (χ4v) is 2.06. The number of methoxy groups -OCH3 is 1. The van der Waals surface area contributed by atoms with Crippen molar-refractivity contribution in [1.82, 2.24) is 20.4 Å². The Balaban J connectivity index is 0.00000288. The number of halogens is 1. The van der Waals surface area contributed by atoms with Gasteiger partial charge in [-0.2, -0.15) is 5.10 Å². The van der Waals surface area contributed by atoms with Crippen LogP contribution in [0.25, 0.3) is 0 Å². The number of ether oxygens (including phenoxy) is 1. The van der Waals surface area contributed by atoms with Crippen molar-refractivity contribution in [2.24, 2.45) is 4.99 Å². The maximum absolute atomic E-state index is 5.32. The van der Waals surface area contributed by atoms with E-state index in [1.54, 1.807) is 19.6 Å². The molecule has 0 aliphatic heterocycles. The monoisotopic (exact) mass is 447 g/mol. The molecule has 24 heavy (non-hydrogen) atoms. The van der Waals surface area contributed by atoms with Crippen molar-refractivity contribution >= 4 is 29.9 Å². The molecular weight excluding hydrogens is 421 g/mol. The van der Waals surface area contributed by atoms with E-state index in [1.165, 1.54) is 0 Å². The Bertz CT molecular complexity index is 543. The van der Waals surface area contributed by atoms with E-state index in [2.05, 4.69) is 20.7 Å². The molecule has 0 fully saturated rings. The topological polar surface area (TPSA) is 76.6 Å². The van der Waals surface area contributed by atoms with Crippen LogP contribution in [0.3, 0.4) is 0 Å². The van der Waals surface area contributed by atoms with Crippen molar-refractivity contribution in [3.63, 3.8) is 0 Å². The average molecular weight is 447 g/mol. The summed E-state index contributed by atoms with van der Waals surface area (Å²) in [6.45, 7) is 3.75. The van der Waals surface area contributed by atoms with Gasteiger partial charge in [0.05, 0.1) is 12.9 Å². The number of guanidine groups is 1. The highest BCUT2D eigenvalue weighted by Gasteiger charge is 2.00. The lowest BCUT2D eigenvalue weighted by atomic mass is 10.3. The number of furan rings is 1. The smallest absolute Gasteiger partial charge is 0.191 e. The quantitative estimate of drug-likeness (QED) is 0.252. The van der Waals surface area contributed by atoms with Crippen LogP contribution in [-0.4, -0.2) is 49.1 Å². The molecule has 0 aliphatic rings. The van der Waals surface area contributed by atoms with Gasteiger partial charge in [-0.15, -0.1) is 24.0 Å². The maximum Gasteiger partial charge on any atom is 0.191 e. The molecule has 0 spiro atoms. The fraction of sp³-hybridized carbons (Fsp3) is 0.500. The zero-order valence-corrected chi connectivity index (χ0v) is 16.3. The third-order valence-corrected chi connectivity index (χ3v) is 3.22. The summed E-state index contributed by atoms with van der Waals surface area (Å²) in [6, 6.07) is 5.80. The van der Waals surface area contributed by atoms with Crippen molar-refractivity contribution in [2.45, 2.75) is 19.4 Å². The molecule has 7 nitrogen and oxygen atoms in total. The van der Waals surface area contributed by atoms with Gasteiger partial charge >= 0.3 is 0 Å². The van der Waals surface area contributed by atoms with E-state index in [-0.39, 0.29) is 24.0 Å². The van der Waals surface area contributed by atoms with Crippen molar-refractivity contribution in [1.29, 1.82) is 0 Å². The van der Waals surface area contributed by atoms with Crippen molar-refractivity contribution in [3.8, 4) is 0 Å². The molecule has 0 bridgehead atoms. The van der Waals surface area contributed by atoms with Gasteiger partial charge in [0.2, 0.25) is 0 Å². The van der Waals surface area contributed by atoms with Crippen LogP contribution in [0.15, 0.2) is 46.3 Å². The molecule has 0 radical (unpaired) electrons. The predicted octanol–water partition coefficient (Wildman–Crippen LogP) is 1.91. The van der Waals surface area contributed by atoms with E-state index in [9.17, 15) is 0 Å². The number of nitrogens with zero attached hydrogens (tertiary/aromatic N) is 3. The number of nitrogens with one attached hydrogen (secondary N) is 2. The molecule has 0 saturated heterocycles. The maximum atomic E-state index is 5.32. The Morgan fingerprint density at radius 1 is 1.33 bits per heavy atom. The van der Waals surface area contributed by atoms with Crippen LogP contribution in [0.1, 0.15) is 12.2 Å². The molecule has 2 aromatic heterocycles. The first-order chi connectivity index (χ1) is 11.4. The molecule has 2 rings (SSSR count). The first-order valence-electron chi connectivity index (χ1n) is 7.89. The van der Waals surface area contributed by atoms with Crippen LogP contribution in [0.4, 0.5) is 0 Å². The standard InChI is InChI=1S/C16H25N5O2.HI/c1-22-14-10-19-16(18-9-6-15-5-2-13-23-15)17-7-3-11-21-12-4-8-20-21;/h2,4-5,8,12-13H,3,6-7,9-11,14H2,1H3,(H2,17,18,19);1H. The summed E-state index contributed by atoms with van der Waals surface area (Å²) in [5.74, 6) is 1.77. The van der Waals surface area contributed by atoms with Gasteiger partial charge in [-0.05, 0) is 24.6 Å². The van der Waals surface area contributed by atoms with Crippen molar-refractivity contribution < 1.29 is 9.15 Å². The molecule has 134 valence electrons. The lowest BCUT2D eigenvalue weighted by Gasteiger charge is -2.12. The first-order valence-corrected chi connectivity index (χ1v) is 7.89. The van der Waals surface area contributed by atoms with E-state index < -0.39 is 0 Å². The lowest BCUT2D eigenvalue weighted by Crippen LogP contribution is -2.40. The minimum Gasteiger partial charge on any atom is -0.469 e. The Morgan fingerprint density at radius 3 is 2.92 bits per heavy atom. The molecule has 8 heteroatoms. The molecule has 0 saturated carbocycles. The summed E-state index contributed by atoms with van der Waals surface area (Å²) in [6.07, 6.45) is 7.21. The third kappa shape index (κ3) is 8.34. The van der Waals surface area contributed by atoms with Gasteiger partial charge in [-0.3, -0.25) is 9.67 Å². The number of rotatable bonds is 10. The highest BCUT2D eigenvalue weighted by atomic mass is 127. The Labute approximate surface area is 159 Å². The molecule has 2 heterocycles. The Kier molecular flexibility index (Phi) is 10.9. The van der Waals surface area contributed by atoms with Gasteiger partial charge in [0.1, 0.15) is 5.76 Å². The van der Waals surface area contributed by atoms with Gasteiger partial charge in [-0.1, -0.05) is 0 Å². The zero-order valence-electron chi connectivity index (χ0n) is 14.0. The number of aryl methyl sites for hydroxylation is 1. The number of hydrogen-bond donors (Lipinski definition) is 2. The molecule has 0 aliphatic carbocycles. The lowest BCUT2D eigenvalue weighted by molar-refractivity contribution is 0.203. The molecule has 2 aromatic rings. The summed E-state index contributed by atoms with van der Waals surface area (Å²) in [5, 5.41) is 10.7. The second-order valence-electron chi connectivity index (χ2n) is 5.03. The second-order valence-corrected chi connectivity index (χ2v) is 5.03. The summed E-state index contributed by atoms with van der Waals surface area (Å²) >= 11 is 0. The number of aliphatic imine (C=N–C) groups is 1. The van der Waals surface area contributed by atoms with Gasteiger partial charge in [0, 0.05) is 52.1 Å². The van der Waals surface area contributed by atoms with Crippen LogP contribution in [0, 0.1) is 0 Å². The van der Waals surface area contributed by atoms with Crippen molar-refractivity contribution in [3.05, 3.63) is 42.6 Å². The van der Waals surface area contributed by atoms with E-state index in [4.69, 9.17) is 9.15 Å². The van der Waals surface area contributed by atoms with Gasteiger partial charge < -0.3 is 19.8 Å². The zero-order chi connectivity index (χ0) is 16.2. The van der Waals surface area contributed by atoms with E-state index in [0.717, 1.165) is 50.7 Å². The number of hydrogen-bond acceptors (Lipinski definition) is 4. The molecule has 0 atom stereocenters. The predicted molar refractivity (Wildman–Crippen MR) is 105 cm³/mol. The van der Waals surface area contributed by atoms with Crippen LogP contribution < -0.4 is 10.6 Å². The number of aromatic nitrogens is 2. The van der Waals surface area contributed by atoms with Gasteiger partial charge in [-0.25, -0.2) is 0 Å². The van der Waals surface area contributed by atoms with Crippen LogP contribution >= 0.6 is 24.0 Å². The average Bonchev–Trinajstić information content (AvgIpc) is 3.24. The SMILES string of the molecule is COCCNC(=NCCCn1cccn1)NCCc1ccco1.I. The minimum atomic E-state index is 0. The Hall–Kier alpha value is -1.55. The largest absolute Gasteiger partial charge is 0.469 e. The van der Waals surface area contributed by atoms with Gasteiger partial charge in [0.25, 0.3) is 0 Å². The first kappa shape index (κ1) is 20.5. The molecule has 0 unspecified atom stereocenters.